The van der Waals surface area contributed by atoms with Crippen LogP contribution in [0, 0.1) is 6.92 Å². The van der Waals surface area contributed by atoms with Crippen LogP contribution < -0.4 is 0 Å². The average molecular weight is 367 g/mol. The van der Waals surface area contributed by atoms with Crippen LogP contribution >= 0.6 is 0 Å². The molecule has 1 aromatic rings. The van der Waals surface area contributed by atoms with Crippen molar-refractivity contribution < 1.29 is 8.97 Å². The van der Waals surface area contributed by atoms with Gasteiger partial charge in [0.15, 0.2) is 12.7 Å². The van der Waals surface area contributed by atoms with Crippen LogP contribution in [0.15, 0.2) is 53.0 Å². The maximum Gasteiger partial charge on any atom is 0.195 e. The maximum absolute atomic E-state index is 4.40. The molecule has 1 aromatic carbocycles. The van der Waals surface area contributed by atoms with Crippen molar-refractivity contribution in [1.82, 2.24) is 0 Å². The molecule has 0 amide bonds. The highest BCUT2D eigenvalue weighted by Crippen LogP contribution is 2.24. The van der Waals surface area contributed by atoms with Crippen LogP contribution in [0.4, 0.5) is 0 Å². The summed E-state index contributed by atoms with van der Waals surface area (Å²) < 4.78 is 1.68. The molecule has 0 saturated carbocycles. The first-order chi connectivity index (χ1) is 13.1. The summed E-state index contributed by atoms with van der Waals surface area (Å²) in [5.41, 5.74) is 4.13. The van der Waals surface area contributed by atoms with Crippen LogP contribution in [-0.2, 0) is 13.1 Å². The summed E-state index contributed by atoms with van der Waals surface area (Å²) in [6.45, 7) is 10.9. The first kappa shape index (κ1) is 19.7. The first-order valence-corrected chi connectivity index (χ1v) is 10.4. The van der Waals surface area contributed by atoms with Gasteiger partial charge < -0.3 is 0 Å². The number of hydrogen-bond acceptors (Lipinski definition) is 2. The van der Waals surface area contributed by atoms with Crippen molar-refractivity contribution in [2.75, 3.05) is 13.1 Å². The fourth-order valence-electron chi connectivity index (χ4n) is 4.09. The molecule has 2 aliphatic rings. The Labute approximate surface area is 164 Å². The number of benzene rings is 1. The van der Waals surface area contributed by atoms with E-state index in [9.17, 15) is 0 Å². The summed E-state index contributed by atoms with van der Waals surface area (Å²) >= 11 is 0. The monoisotopic (exact) mass is 366 g/mol. The lowest BCUT2D eigenvalue weighted by Gasteiger charge is -2.29. The summed E-state index contributed by atoms with van der Waals surface area (Å²) in [4.78, 5) is 8.79. The highest BCUT2D eigenvalue weighted by Gasteiger charge is 2.28. The second-order valence-electron chi connectivity index (χ2n) is 8.13. The molecule has 0 saturated heterocycles. The van der Waals surface area contributed by atoms with Gasteiger partial charge in [-0.25, -0.2) is 19.0 Å². The van der Waals surface area contributed by atoms with Crippen molar-refractivity contribution in [2.45, 2.75) is 59.5 Å². The van der Waals surface area contributed by atoms with Crippen molar-refractivity contribution in [3.63, 3.8) is 0 Å². The Morgan fingerprint density at radius 1 is 0.741 bits per heavy atom. The topological polar surface area (TPSA) is 24.7 Å². The third kappa shape index (κ3) is 5.02. The van der Waals surface area contributed by atoms with Crippen LogP contribution in [0.25, 0.3) is 0 Å². The van der Waals surface area contributed by atoms with Gasteiger partial charge in [0.2, 0.25) is 0 Å². The van der Waals surface area contributed by atoms with Gasteiger partial charge >= 0.3 is 0 Å². The van der Waals surface area contributed by atoms with Gasteiger partial charge in [0, 0.05) is 11.1 Å². The van der Waals surface area contributed by atoms with E-state index >= 15 is 0 Å². The van der Waals surface area contributed by atoms with Crippen LogP contribution in [0.1, 0.15) is 56.2 Å². The second kappa shape index (κ2) is 8.77. The van der Waals surface area contributed by atoms with Gasteiger partial charge in [-0.3, -0.25) is 0 Å². The van der Waals surface area contributed by atoms with Crippen LogP contribution in [0.2, 0.25) is 0 Å². The van der Waals surface area contributed by atoms with Gasteiger partial charge in [-0.2, -0.15) is 0 Å². The lowest BCUT2D eigenvalue weighted by molar-refractivity contribution is -0.795. The van der Waals surface area contributed by atoms with E-state index in [-0.39, 0.29) is 0 Å². The minimum Gasteiger partial charge on any atom is -0.250 e. The standard InChI is InChI=1S/C23H34N4/c1-4-6-10-26(12-8-24-19-26)17-22-14-21(3)15-23(16-22)18-27(11-7-5-2)13-9-25-20-27/h8-9,12-16,19-20H,4-7,10-11,17-18H2,1-3H3/q+2. The minimum atomic E-state index is 0.841. The highest BCUT2D eigenvalue weighted by atomic mass is 15.4. The Morgan fingerprint density at radius 2 is 1.22 bits per heavy atom. The van der Waals surface area contributed by atoms with E-state index in [0.717, 1.165) is 35.1 Å². The smallest absolute Gasteiger partial charge is 0.195 e. The molecule has 4 heteroatoms. The lowest BCUT2D eigenvalue weighted by Crippen LogP contribution is -2.40. The predicted molar refractivity (Wildman–Crippen MR) is 114 cm³/mol. The van der Waals surface area contributed by atoms with Gasteiger partial charge in [-0.1, -0.05) is 44.4 Å². The van der Waals surface area contributed by atoms with E-state index in [1.54, 1.807) is 0 Å². The molecule has 3 rings (SSSR count). The molecule has 2 heterocycles. The normalized spacial score (nSPS) is 25.7. The van der Waals surface area contributed by atoms with Crippen molar-refractivity contribution in [1.29, 1.82) is 0 Å². The highest BCUT2D eigenvalue weighted by molar-refractivity contribution is 5.52. The summed E-state index contributed by atoms with van der Waals surface area (Å²) in [5.74, 6) is 0. The zero-order valence-corrected chi connectivity index (χ0v) is 17.1. The molecule has 2 aliphatic heterocycles. The zero-order valence-electron chi connectivity index (χ0n) is 17.1. The predicted octanol–water partition coefficient (Wildman–Crippen LogP) is 5.26. The quantitative estimate of drug-likeness (QED) is 0.505. The SMILES string of the molecule is CCCC[N+]1(Cc2cc(C)cc(C[N+]3(CCCC)C=CN=C3)c2)C=CN=C1. The zero-order chi connectivity index (χ0) is 19.2. The van der Waals surface area contributed by atoms with Gasteiger partial charge in [0.25, 0.3) is 0 Å². The number of rotatable bonds is 10. The van der Waals surface area contributed by atoms with Crippen molar-refractivity contribution in [3.05, 3.63) is 59.7 Å². The lowest BCUT2D eigenvalue weighted by atomic mass is 10.0. The number of hydrogen-bond donors (Lipinski definition) is 0. The van der Waals surface area contributed by atoms with Crippen molar-refractivity contribution in [2.24, 2.45) is 9.98 Å². The Morgan fingerprint density at radius 3 is 1.59 bits per heavy atom. The Balaban J connectivity index is 1.80. The van der Waals surface area contributed by atoms with Gasteiger partial charge in [-0.15, -0.1) is 0 Å². The number of nitrogens with zero attached hydrogens (tertiary/aromatic N) is 4. The molecule has 4 nitrogen and oxygen atoms in total. The number of aliphatic imine (C=N–C) groups is 2. The van der Waals surface area contributed by atoms with E-state index in [0.29, 0.717) is 0 Å². The fraction of sp³-hybridized carbons (Fsp3) is 0.478. The Bertz CT molecular complexity index is 673. The third-order valence-electron chi connectivity index (χ3n) is 5.50. The molecule has 0 aliphatic carbocycles. The van der Waals surface area contributed by atoms with Crippen molar-refractivity contribution >= 4 is 12.7 Å². The summed E-state index contributed by atoms with van der Waals surface area (Å²) in [5, 5.41) is 0. The van der Waals surface area contributed by atoms with Gasteiger partial charge in [0.1, 0.15) is 25.5 Å². The van der Waals surface area contributed by atoms with Gasteiger partial charge in [0.05, 0.1) is 25.5 Å². The molecule has 0 bridgehead atoms. The molecule has 0 fully saturated rings. The van der Waals surface area contributed by atoms with Crippen LogP contribution in [-0.4, -0.2) is 34.7 Å². The van der Waals surface area contributed by atoms with Crippen LogP contribution in [0.3, 0.4) is 0 Å². The Kier molecular flexibility index (Phi) is 6.40. The Hall–Kier alpha value is -2.04. The number of quaternary nitrogens is 2. The van der Waals surface area contributed by atoms with E-state index in [2.05, 4.69) is 74.0 Å². The molecular formula is C23H34N4+2. The second-order valence-corrected chi connectivity index (χ2v) is 8.13. The minimum absolute atomic E-state index is 0.841. The molecule has 2 atom stereocenters. The largest absolute Gasteiger partial charge is 0.250 e. The van der Waals surface area contributed by atoms with E-state index in [1.165, 1.54) is 42.4 Å². The average Bonchev–Trinajstić information content (AvgIpc) is 3.28. The van der Waals surface area contributed by atoms with Crippen molar-refractivity contribution in [3.8, 4) is 0 Å². The number of unbranched alkanes of at least 4 members (excludes halogenated alkanes) is 2. The molecule has 0 spiro atoms. The summed E-state index contributed by atoms with van der Waals surface area (Å²) in [7, 11) is 0. The van der Waals surface area contributed by atoms with E-state index in [1.807, 2.05) is 12.4 Å². The summed E-state index contributed by atoms with van der Waals surface area (Å²) in [6, 6.07) is 7.06. The maximum atomic E-state index is 4.40. The molecular weight excluding hydrogens is 332 g/mol. The van der Waals surface area contributed by atoms with Gasteiger partial charge in [-0.05, 0) is 25.8 Å². The molecule has 144 valence electrons. The van der Waals surface area contributed by atoms with E-state index < -0.39 is 0 Å². The molecule has 27 heavy (non-hydrogen) atoms. The van der Waals surface area contributed by atoms with E-state index in [4.69, 9.17) is 0 Å². The molecule has 0 N–H and O–H groups in total. The first-order valence-electron chi connectivity index (χ1n) is 10.4. The third-order valence-corrected chi connectivity index (χ3v) is 5.50. The number of aryl methyl sites for hydroxylation is 1. The molecule has 0 aromatic heterocycles. The fourth-order valence-corrected chi connectivity index (χ4v) is 4.09. The molecule has 0 radical (unpaired) electrons. The summed E-state index contributed by atoms with van der Waals surface area (Å²) in [6.07, 6.45) is 17.4. The van der Waals surface area contributed by atoms with Crippen LogP contribution in [0.5, 0.6) is 0 Å². The molecule has 2 unspecified atom stereocenters.